The molecule has 1 aromatic heterocycles. The highest BCUT2D eigenvalue weighted by Gasteiger charge is 2.28. The summed E-state index contributed by atoms with van der Waals surface area (Å²) in [5.41, 5.74) is 0.353. The first-order chi connectivity index (χ1) is 16.7. The molecule has 0 fully saturated rings. The Labute approximate surface area is 211 Å². The molecule has 1 atom stereocenters. The van der Waals surface area contributed by atoms with Gasteiger partial charge in [0.1, 0.15) is 17.1 Å². The molecule has 0 radical (unpaired) electrons. The van der Waals surface area contributed by atoms with Gasteiger partial charge in [0, 0.05) is 25.1 Å². The molecule has 0 unspecified atom stereocenters. The SMILES string of the molecule is CCOC(=O)c1c[nH]c(=O)c([C@H](CC(=O)NCc2ccc(Cl)c(Cl)c2)c2ccc(OC)cc2)c1O. The summed E-state index contributed by atoms with van der Waals surface area (Å²) in [6.45, 7) is 1.89. The van der Waals surface area contributed by atoms with Gasteiger partial charge in [0.2, 0.25) is 5.91 Å². The van der Waals surface area contributed by atoms with E-state index in [9.17, 15) is 19.5 Å². The number of hydrogen-bond donors (Lipinski definition) is 3. The molecule has 3 N–H and O–H groups in total. The number of carbonyl (C=O) groups excluding carboxylic acids is 2. The topological polar surface area (TPSA) is 118 Å². The number of carbonyl (C=O) groups is 2. The Hall–Kier alpha value is -3.49. The fraction of sp³-hybridized carbons (Fsp3) is 0.240. The molecule has 3 aromatic rings. The van der Waals surface area contributed by atoms with Gasteiger partial charge in [-0.3, -0.25) is 9.59 Å². The highest BCUT2D eigenvalue weighted by atomic mass is 35.5. The zero-order valence-corrected chi connectivity index (χ0v) is 20.6. The number of aromatic nitrogens is 1. The maximum absolute atomic E-state index is 12.9. The highest BCUT2D eigenvalue weighted by Crippen LogP contribution is 2.34. The number of halogens is 2. The molecule has 1 heterocycles. The van der Waals surface area contributed by atoms with Crippen molar-refractivity contribution in [3.63, 3.8) is 0 Å². The van der Waals surface area contributed by atoms with Crippen LogP contribution in [-0.4, -0.2) is 35.7 Å². The Morgan fingerprint density at radius 2 is 1.83 bits per heavy atom. The van der Waals surface area contributed by atoms with Crippen molar-refractivity contribution >= 4 is 35.1 Å². The number of nitrogens with one attached hydrogen (secondary N) is 2. The van der Waals surface area contributed by atoms with E-state index < -0.39 is 29.1 Å². The molecule has 1 amide bonds. The van der Waals surface area contributed by atoms with Gasteiger partial charge in [-0.05, 0) is 42.3 Å². The van der Waals surface area contributed by atoms with Gasteiger partial charge in [-0.2, -0.15) is 0 Å². The van der Waals surface area contributed by atoms with Crippen molar-refractivity contribution in [1.29, 1.82) is 0 Å². The number of amides is 1. The predicted molar refractivity (Wildman–Crippen MR) is 132 cm³/mol. The van der Waals surface area contributed by atoms with Crippen molar-refractivity contribution in [2.45, 2.75) is 25.8 Å². The maximum atomic E-state index is 12.9. The van der Waals surface area contributed by atoms with Crippen LogP contribution in [0.1, 0.15) is 46.3 Å². The van der Waals surface area contributed by atoms with Gasteiger partial charge in [-0.1, -0.05) is 41.4 Å². The van der Waals surface area contributed by atoms with Gasteiger partial charge in [-0.25, -0.2) is 4.79 Å². The van der Waals surface area contributed by atoms with Crippen molar-refractivity contribution in [3.05, 3.63) is 91.3 Å². The molecule has 0 spiro atoms. The standard InChI is InChI=1S/C25H24Cl2N2O6/c1-3-35-25(33)18-13-29-24(32)22(23(18)31)17(15-5-7-16(34-2)8-6-15)11-21(30)28-12-14-4-9-19(26)20(27)10-14/h4-10,13,17H,3,11-12H2,1-2H3,(H,28,30)(H2,29,31,32)/t17-/m1/s1. The fourth-order valence-electron chi connectivity index (χ4n) is 3.55. The lowest BCUT2D eigenvalue weighted by atomic mass is 9.87. The first-order valence-corrected chi connectivity index (χ1v) is 11.5. The van der Waals surface area contributed by atoms with Crippen LogP contribution in [0.5, 0.6) is 11.5 Å². The molecule has 184 valence electrons. The van der Waals surface area contributed by atoms with Crippen LogP contribution in [0.4, 0.5) is 0 Å². The number of benzene rings is 2. The number of aromatic hydroxyl groups is 1. The van der Waals surface area contributed by atoms with Crippen molar-refractivity contribution in [3.8, 4) is 11.5 Å². The minimum Gasteiger partial charge on any atom is -0.506 e. The van der Waals surface area contributed by atoms with Gasteiger partial charge in [0.05, 0.1) is 29.3 Å². The van der Waals surface area contributed by atoms with E-state index in [0.29, 0.717) is 21.4 Å². The van der Waals surface area contributed by atoms with Crippen molar-refractivity contribution in [1.82, 2.24) is 10.3 Å². The van der Waals surface area contributed by atoms with Crippen LogP contribution in [0.15, 0.2) is 53.5 Å². The molecule has 0 aliphatic heterocycles. The monoisotopic (exact) mass is 518 g/mol. The number of pyridine rings is 1. The Kier molecular flexibility index (Phi) is 8.78. The maximum Gasteiger partial charge on any atom is 0.343 e. The van der Waals surface area contributed by atoms with E-state index in [1.165, 1.54) is 7.11 Å². The van der Waals surface area contributed by atoms with Crippen LogP contribution in [-0.2, 0) is 16.1 Å². The lowest BCUT2D eigenvalue weighted by Crippen LogP contribution is -2.27. The smallest absolute Gasteiger partial charge is 0.343 e. The molecule has 2 aromatic carbocycles. The van der Waals surface area contributed by atoms with Gasteiger partial charge in [0.25, 0.3) is 5.56 Å². The summed E-state index contributed by atoms with van der Waals surface area (Å²) in [4.78, 5) is 40.5. The first kappa shape index (κ1) is 26.1. The lowest BCUT2D eigenvalue weighted by molar-refractivity contribution is -0.121. The number of rotatable bonds is 9. The average molecular weight is 519 g/mol. The highest BCUT2D eigenvalue weighted by molar-refractivity contribution is 6.42. The minimum atomic E-state index is -0.868. The summed E-state index contributed by atoms with van der Waals surface area (Å²) < 4.78 is 10.2. The zero-order valence-electron chi connectivity index (χ0n) is 19.1. The largest absolute Gasteiger partial charge is 0.506 e. The second kappa shape index (κ2) is 11.8. The molecule has 35 heavy (non-hydrogen) atoms. The van der Waals surface area contributed by atoms with E-state index in [4.69, 9.17) is 32.7 Å². The molecule has 0 saturated heterocycles. The minimum absolute atomic E-state index is 0.0890. The summed E-state index contributed by atoms with van der Waals surface area (Å²) in [5, 5.41) is 14.4. The van der Waals surface area contributed by atoms with Crippen LogP contribution < -0.4 is 15.6 Å². The number of aromatic amines is 1. The Bertz CT molecular complexity index is 1270. The molecule has 3 rings (SSSR count). The Balaban J connectivity index is 1.95. The first-order valence-electron chi connectivity index (χ1n) is 10.7. The van der Waals surface area contributed by atoms with Gasteiger partial charge in [0.15, 0.2) is 0 Å². The number of H-pyrrole nitrogens is 1. The van der Waals surface area contributed by atoms with Crippen LogP contribution in [0.25, 0.3) is 0 Å². The Morgan fingerprint density at radius 3 is 2.46 bits per heavy atom. The number of hydrogen-bond acceptors (Lipinski definition) is 6. The third-order valence-corrected chi connectivity index (χ3v) is 6.07. The van der Waals surface area contributed by atoms with Gasteiger partial charge in [-0.15, -0.1) is 0 Å². The summed E-state index contributed by atoms with van der Waals surface area (Å²) in [7, 11) is 1.52. The molecule has 0 bridgehead atoms. The third kappa shape index (κ3) is 6.35. The van der Waals surface area contributed by atoms with Gasteiger partial charge < -0.3 is 24.9 Å². The second-order valence-electron chi connectivity index (χ2n) is 7.57. The molecular formula is C25H24Cl2N2O6. The summed E-state index contributed by atoms with van der Waals surface area (Å²) in [6.07, 6.45) is 0.908. The van der Waals surface area contributed by atoms with Gasteiger partial charge >= 0.3 is 5.97 Å². The van der Waals surface area contributed by atoms with E-state index in [2.05, 4.69) is 10.3 Å². The molecule has 0 saturated carbocycles. The lowest BCUT2D eigenvalue weighted by Gasteiger charge is -2.19. The summed E-state index contributed by atoms with van der Waals surface area (Å²) in [6, 6.07) is 11.7. The number of esters is 1. The molecule has 0 aliphatic rings. The summed E-state index contributed by atoms with van der Waals surface area (Å²) >= 11 is 12.0. The average Bonchev–Trinajstić information content (AvgIpc) is 2.84. The second-order valence-corrected chi connectivity index (χ2v) is 8.38. The van der Waals surface area contributed by atoms with Crippen molar-refractivity contribution < 1.29 is 24.2 Å². The third-order valence-electron chi connectivity index (χ3n) is 5.33. The zero-order chi connectivity index (χ0) is 25.5. The molecule has 10 heteroatoms. The van der Waals surface area contributed by atoms with Crippen molar-refractivity contribution in [2.75, 3.05) is 13.7 Å². The van der Waals surface area contributed by atoms with Crippen LogP contribution in [0, 0.1) is 0 Å². The van der Waals surface area contributed by atoms with E-state index in [-0.39, 0.29) is 30.7 Å². The summed E-state index contributed by atoms with van der Waals surface area (Å²) in [5.74, 6) is -2.01. The quantitative estimate of drug-likeness (QED) is 0.361. The van der Waals surface area contributed by atoms with E-state index >= 15 is 0 Å². The number of methoxy groups -OCH3 is 1. The molecule has 0 aliphatic carbocycles. The fourth-order valence-corrected chi connectivity index (χ4v) is 3.88. The van der Waals surface area contributed by atoms with Crippen LogP contribution in [0.2, 0.25) is 10.0 Å². The number of ether oxygens (including phenoxy) is 2. The van der Waals surface area contributed by atoms with E-state index in [0.717, 1.165) is 11.8 Å². The van der Waals surface area contributed by atoms with Crippen molar-refractivity contribution in [2.24, 2.45) is 0 Å². The Morgan fingerprint density at radius 1 is 1.11 bits per heavy atom. The molecular weight excluding hydrogens is 495 g/mol. The van der Waals surface area contributed by atoms with Crippen LogP contribution in [0.3, 0.4) is 0 Å². The normalized spacial score (nSPS) is 11.5. The molecule has 8 nitrogen and oxygen atoms in total. The van der Waals surface area contributed by atoms with E-state index in [1.807, 2.05) is 0 Å². The van der Waals surface area contributed by atoms with Crippen LogP contribution >= 0.6 is 23.2 Å². The van der Waals surface area contributed by atoms with E-state index in [1.54, 1.807) is 49.4 Å². The predicted octanol–water partition coefficient (Wildman–Crippen LogP) is 4.41.